The van der Waals surface area contributed by atoms with E-state index in [9.17, 15) is 9.59 Å². The first-order valence-corrected chi connectivity index (χ1v) is 5.85. The summed E-state index contributed by atoms with van der Waals surface area (Å²) >= 11 is 0. The number of esters is 2. The SMILES string of the molecule is C=C(C)CC1(CC(=C)C)C(=O)OC(C)(C)OC1=O. The second-order valence-electron chi connectivity index (χ2n) is 5.53. The smallest absolute Gasteiger partial charge is 0.327 e. The zero-order chi connectivity index (χ0) is 14.1. The van der Waals surface area contributed by atoms with Gasteiger partial charge in [-0.3, -0.25) is 9.59 Å². The van der Waals surface area contributed by atoms with Crippen LogP contribution in [0.5, 0.6) is 0 Å². The van der Waals surface area contributed by atoms with Crippen LogP contribution >= 0.6 is 0 Å². The maximum atomic E-state index is 12.2. The molecule has 0 amide bonds. The summed E-state index contributed by atoms with van der Waals surface area (Å²) in [5.41, 5.74) is 0.127. The lowest BCUT2D eigenvalue weighted by molar-refractivity contribution is -0.251. The highest BCUT2D eigenvalue weighted by molar-refractivity contribution is 6.02. The molecule has 0 unspecified atom stereocenters. The van der Waals surface area contributed by atoms with E-state index in [2.05, 4.69) is 13.2 Å². The van der Waals surface area contributed by atoms with Crippen LogP contribution in [0.1, 0.15) is 40.5 Å². The zero-order valence-corrected chi connectivity index (χ0v) is 11.5. The summed E-state index contributed by atoms with van der Waals surface area (Å²) in [6.45, 7) is 14.1. The van der Waals surface area contributed by atoms with E-state index in [0.29, 0.717) is 0 Å². The molecule has 1 rings (SSSR count). The number of allylic oxidation sites excluding steroid dienone is 2. The van der Waals surface area contributed by atoms with Crippen molar-refractivity contribution in [2.75, 3.05) is 0 Å². The van der Waals surface area contributed by atoms with Crippen LogP contribution in [0.2, 0.25) is 0 Å². The largest absolute Gasteiger partial charge is 0.422 e. The molecule has 0 aromatic rings. The molecule has 0 saturated carbocycles. The lowest BCUT2D eigenvalue weighted by Crippen LogP contribution is -2.54. The van der Waals surface area contributed by atoms with E-state index in [1.165, 1.54) is 13.8 Å². The molecule has 0 N–H and O–H groups in total. The molecule has 1 saturated heterocycles. The number of carbonyl (C=O) groups excluding carboxylic acids is 2. The average molecular weight is 252 g/mol. The van der Waals surface area contributed by atoms with E-state index < -0.39 is 23.1 Å². The fraction of sp³-hybridized carbons (Fsp3) is 0.571. The van der Waals surface area contributed by atoms with Gasteiger partial charge in [0.15, 0.2) is 5.41 Å². The van der Waals surface area contributed by atoms with Gasteiger partial charge in [-0.2, -0.15) is 0 Å². The lowest BCUT2D eigenvalue weighted by atomic mass is 9.76. The minimum atomic E-state index is -1.33. The van der Waals surface area contributed by atoms with Crippen LogP contribution in [0.25, 0.3) is 0 Å². The predicted molar refractivity (Wildman–Crippen MR) is 67.6 cm³/mol. The first-order valence-electron chi connectivity index (χ1n) is 5.85. The van der Waals surface area contributed by atoms with Gasteiger partial charge in [0.1, 0.15) is 0 Å². The number of ether oxygens (including phenoxy) is 2. The van der Waals surface area contributed by atoms with Crippen LogP contribution in [-0.4, -0.2) is 17.7 Å². The molecule has 0 spiro atoms. The molecule has 0 bridgehead atoms. The maximum absolute atomic E-state index is 12.2. The quantitative estimate of drug-likeness (QED) is 0.438. The molecule has 1 aliphatic heterocycles. The molecule has 100 valence electrons. The minimum absolute atomic E-state index is 0.216. The monoisotopic (exact) mass is 252 g/mol. The van der Waals surface area contributed by atoms with Crippen molar-refractivity contribution in [2.24, 2.45) is 5.41 Å². The van der Waals surface area contributed by atoms with Crippen molar-refractivity contribution in [1.29, 1.82) is 0 Å². The van der Waals surface area contributed by atoms with Gasteiger partial charge >= 0.3 is 11.9 Å². The highest BCUT2D eigenvalue weighted by atomic mass is 16.7. The van der Waals surface area contributed by atoms with Crippen molar-refractivity contribution in [3.8, 4) is 0 Å². The van der Waals surface area contributed by atoms with Gasteiger partial charge in [0, 0.05) is 13.8 Å². The Labute approximate surface area is 108 Å². The summed E-state index contributed by atoms with van der Waals surface area (Å²) < 4.78 is 10.4. The fourth-order valence-electron chi connectivity index (χ4n) is 2.13. The topological polar surface area (TPSA) is 52.6 Å². The van der Waals surface area contributed by atoms with Crippen molar-refractivity contribution in [2.45, 2.75) is 46.3 Å². The standard InChI is InChI=1S/C14H20O4/c1-9(2)7-14(8-10(3)4)11(15)17-13(5,6)18-12(14)16/h1,3,7-8H2,2,4-6H3. The maximum Gasteiger partial charge on any atom is 0.327 e. The Morgan fingerprint density at radius 2 is 1.33 bits per heavy atom. The van der Waals surface area contributed by atoms with Gasteiger partial charge in [-0.25, -0.2) is 0 Å². The molecule has 0 radical (unpaired) electrons. The second kappa shape index (κ2) is 4.59. The first kappa shape index (κ1) is 14.5. The minimum Gasteiger partial charge on any atom is -0.422 e. The molecular weight excluding hydrogens is 232 g/mol. The van der Waals surface area contributed by atoms with Crippen LogP contribution in [-0.2, 0) is 19.1 Å². The number of carbonyl (C=O) groups is 2. The molecule has 18 heavy (non-hydrogen) atoms. The molecule has 0 aromatic heterocycles. The molecule has 0 aliphatic carbocycles. The van der Waals surface area contributed by atoms with Gasteiger partial charge < -0.3 is 9.47 Å². The van der Waals surface area contributed by atoms with Gasteiger partial charge in [0.05, 0.1) is 0 Å². The first-order chi connectivity index (χ1) is 8.09. The van der Waals surface area contributed by atoms with Crippen LogP contribution < -0.4 is 0 Å². The van der Waals surface area contributed by atoms with Gasteiger partial charge in [0.2, 0.25) is 0 Å². The number of cyclic esters (lactones) is 2. The molecule has 0 atom stereocenters. The number of rotatable bonds is 4. The highest BCUT2D eigenvalue weighted by Gasteiger charge is 2.55. The Morgan fingerprint density at radius 3 is 1.61 bits per heavy atom. The van der Waals surface area contributed by atoms with Crippen LogP contribution in [0.15, 0.2) is 24.3 Å². The van der Waals surface area contributed by atoms with E-state index in [0.717, 1.165) is 11.1 Å². The lowest BCUT2D eigenvalue weighted by Gasteiger charge is -2.40. The summed E-state index contributed by atoms with van der Waals surface area (Å²) in [6.07, 6.45) is 0.432. The van der Waals surface area contributed by atoms with Crippen LogP contribution in [0.4, 0.5) is 0 Å². The molecule has 1 fully saturated rings. The van der Waals surface area contributed by atoms with E-state index in [4.69, 9.17) is 9.47 Å². The third-order valence-corrected chi connectivity index (χ3v) is 2.67. The van der Waals surface area contributed by atoms with E-state index in [1.54, 1.807) is 13.8 Å². The van der Waals surface area contributed by atoms with Gasteiger partial charge in [-0.05, 0) is 26.7 Å². The van der Waals surface area contributed by atoms with Gasteiger partial charge in [0.25, 0.3) is 5.79 Å². The number of hydrogen-bond donors (Lipinski definition) is 0. The highest BCUT2D eigenvalue weighted by Crippen LogP contribution is 2.41. The Balaban J connectivity index is 3.16. The fourth-order valence-corrected chi connectivity index (χ4v) is 2.13. The summed E-state index contributed by atoms with van der Waals surface area (Å²) in [5, 5.41) is 0. The summed E-state index contributed by atoms with van der Waals surface area (Å²) in [6, 6.07) is 0. The van der Waals surface area contributed by atoms with E-state index in [1.807, 2.05) is 0 Å². The van der Waals surface area contributed by atoms with Crippen molar-refractivity contribution < 1.29 is 19.1 Å². The normalized spacial score (nSPS) is 20.9. The summed E-state index contributed by atoms with van der Waals surface area (Å²) in [4.78, 5) is 24.4. The molecule has 1 heterocycles. The van der Waals surface area contributed by atoms with Crippen LogP contribution in [0, 0.1) is 5.41 Å². The Bertz CT molecular complexity index is 380. The average Bonchev–Trinajstić information content (AvgIpc) is 2.10. The molecule has 4 heteroatoms. The Hall–Kier alpha value is -1.58. The summed E-state index contributed by atoms with van der Waals surface area (Å²) in [5.74, 6) is -2.33. The molecular formula is C14H20O4. The van der Waals surface area contributed by atoms with E-state index >= 15 is 0 Å². The van der Waals surface area contributed by atoms with Gasteiger partial charge in [-0.1, -0.05) is 11.1 Å². The molecule has 1 aliphatic rings. The third kappa shape index (κ3) is 2.81. The molecule has 0 aromatic carbocycles. The second-order valence-corrected chi connectivity index (χ2v) is 5.53. The van der Waals surface area contributed by atoms with Crippen molar-refractivity contribution in [3.63, 3.8) is 0 Å². The molecule has 4 nitrogen and oxygen atoms in total. The van der Waals surface area contributed by atoms with Crippen molar-refractivity contribution in [1.82, 2.24) is 0 Å². The van der Waals surface area contributed by atoms with Crippen molar-refractivity contribution in [3.05, 3.63) is 24.3 Å². The van der Waals surface area contributed by atoms with Crippen LogP contribution in [0.3, 0.4) is 0 Å². The van der Waals surface area contributed by atoms with Crippen molar-refractivity contribution >= 4 is 11.9 Å². The Morgan fingerprint density at radius 1 is 1.00 bits per heavy atom. The number of hydrogen-bond acceptors (Lipinski definition) is 4. The third-order valence-electron chi connectivity index (χ3n) is 2.67. The van der Waals surface area contributed by atoms with Gasteiger partial charge in [-0.15, -0.1) is 13.2 Å². The predicted octanol–water partition coefficient (Wildman–Crippen LogP) is 2.74. The Kier molecular flexibility index (Phi) is 3.70. The van der Waals surface area contributed by atoms with E-state index in [-0.39, 0.29) is 12.8 Å². The zero-order valence-electron chi connectivity index (χ0n) is 11.5. The summed E-state index contributed by atoms with van der Waals surface area (Å²) in [7, 11) is 0.